The lowest BCUT2D eigenvalue weighted by Gasteiger charge is -2.12. The second kappa shape index (κ2) is 8.10. The third-order valence-electron chi connectivity index (χ3n) is 4.71. The number of para-hydroxylation sites is 1. The van der Waals surface area contributed by atoms with Gasteiger partial charge in [-0.2, -0.15) is 4.98 Å². The number of anilines is 3. The number of nitrogens with zero attached hydrogens (tertiary/aromatic N) is 2. The topological polar surface area (TPSA) is 66.9 Å². The van der Waals surface area contributed by atoms with E-state index >= 15 is 0 Å². The molecule has 1 aromatic heterocycles. The maximum absolute atomic E-state index is 11.7. The Labute approximate surface area is 169 Å². The van der Waals surface area contributed by atoms with Crippen LogP contribution in [0.2, 0.25) is 0 Å². The lowest BCUT2D eigenvalue weighted by atomic mass is 10.1. The summed E-state index contributed by atoms with van der Waals surface area (Å²) in [6.07, 6.45) is 0. The van der Waals surface area contributed by atoms with E-state index in [1.54, 1.807) is 19.1 Å². The summed E-state index contributed by atoms with van der Waals surface area (Å²) in [5.41, 5.74) is 4.69. The number of benzene rings is 3. The summed E-state index contributed by atoms with van der Waals surface area (Å²) in [6, 6.07) is 23.7. The van der Waals surface area contributed by atoms with Crippen molar-refractivity contribution in [2.24, 2.45) is 0 Å². The zero-order chi connectivity index (χ0) is 20.2. The highest BCUT2D eigenvalue weighted by Gasteiger charge is 2.09. The second-order valence-corrected chi connectivity index (χ2v) is 7.01. The lowest BCUT2D eigenvalue weighted by Crippen LogP contribution is -2.06. The van der Waals surface area contributed by atoms with E-state index in [4.69, 9.17) is 0 Å². The van der Waals surface area contributed by atoms with Gasteiger partial charge < -0.3 is 10.6 Å². The van der Waals surface area contributed by atoms with Gasteiger partial charge in [0, 0.05) is 23.2 Å². The molecule has 0 fully saturated rings. The van der Waals surface area contributed by atoms with E-state index in [1.165, 1.54) is 11.1 Å². The number of carbonyl (C=O) groups is 1. The summed E-state index contributed by atoms with van der Waals surface area (Å²) < 4.78 is 0. The van der Waals surface area contributed by atoms with E-state index in [0.29, 0.717) is 18.1 Å². The molecule has 1 heterocycles. The molecule has 0 saturated carbocycles. The minimum Gasteiger partial charge on any atom is -0.365 e. The third-order valence-corrected chi connectivity index (χ3v) is 4.71. The third kappa shape index (κ3) is 4.41. The van der Waals surface area contributed by atoms with Crippen molar-refractivity contribution in [1.29, 1.82) is 0 Å². The van der Waals surface area contributed by atoms with Crippen LogP contribution in [0.4, 0.5) is 17.5 Å². The van der Waals surface area contributed by atoms with Gasteiger partial charge >= 0.3 is 0 Å². The molecule has 0 spiro atoms. The molecule has 5 nitrogen and oxygen atoms in total. The Bertz CT molecular complexity index is 1170. The molecular formula is C24H22N4O. The summed E-state index contributed by atoms with van der Waals surface area (Å²) in [6.45, 7) is 4.30. The summed E-state index contributed by atoms with van der Waals surface area (Å²) in [5, 5.41) is 7.62. The predicted octanol–water partition coefficient (Wildman–Crippen LogP) is 5.50. The molecule has 0 aliphatic carbocycles. The highest BCUT2D eigenvalue weighted by molar-refractivity contribution is 5.95. The van der Waals surface area contributed by atoms with E-state index < -0.39 is 0 Å². The van der Waals surface area contributed by atoms with Crippen molar-refractivity contribution in [2.45, 2.75) is 20.4 Å². The molecule has 0 aliphatic heterocycles. The number of carbonyl (C=O) groups excluding carboxylic acids is 1. The fourth-order valence-electron chi connectivity index (χ4n) is 3.10. The maximum Gasteiger partial charge on any atom is 0.229 e. The van der Waals surface area contributed by atoms with Crippen molar-refractivity contribution < 1.29 is 4.79 Å². The molecule has 3 aromatic carbocycles. The van der Waals surface area contributed by atoms with Crippen molar-refractivity contribution in [3.8, 4) is 0 Å². The lowest BCUT2D eigenvalue weighted by molar-refractivity contribution is 0.101. The molecule has 0 amide bonds. The Morgan fingerprint density at radius 3 is 2.52 bits per heavy atom. The Morgan fingerprint density at radius 1 is 0.931 bits per heavy atom. The smallest absolute Gasteiger partial charge is 0.229 e. The van der Waals surface area contributed by atoms with Crippen LogP contribution in [-0.2, 0) is 6.54 Å². The molecule has 0 bridgehead atoms. The Hall–Kier alpha value is -3.73. The van der Waals surface area contributed by atoms with Crippen LogP contribution in [0.5, 0.6) is 0 Å². The molecule has 144 valence electrons. The van der Waals surface area contributed by atoms with Gasteiger partial charge in [0.15, 0.2) is 5.78 Å². The summed E-state index contributed by atoms with van der Waals surface area (Å²) >= 11 is 0. The Kier molecular flexibility index (Phi) is 5.20. The number of aryl methyl sites for hydroxylation is 1. The molecule has 0 unspecified atom stereocenters. The average Bonchev–Trinajstić information content (AvgIpc) is 2.73. The molecule has 0 atom stereocenters. The van der Waals surface area contributed by atoms with Gasteiger partial charge in [-0.05, 0) is 43.7 Å². The van der Waals surface area contributed by atoms with E-state index in [2.05, 4.69) is 51.8 Å². The van der Waals surface area contributed by atoms with Crippen molar-refractivity contribution in [3.05, 3.63) is 89.5 Å². The van der Waals surface area contributed by atoms with Crippen LogP contribution in [0.1, 0.15) is 28.4 Å². The van der Waals surface area contributed by atoms with Crippen molar-refractivity contribution in [3.63, 3.8) is 0 Å². The van der Waals surface area contributed by atoms with Gasteiger partial charge in [0.1, 0.15) is 5.82 Å². The van der Waals surface area contributed by atoms with E-state index in [-0.39, 0.29) is 5.78 Å². The fraction of sp³-hybridized carbons (Fsp3) is 0.125. The van der Waals surface area contributed by atoms with Crippen molar-refractivity contribution >= 4 is 34.1 Å². The minimum absolute atomic E-state index is 0.0218. The first-order chi connectivity index (χ1) is 14.1. The molecular weight excluding hydrogens is 360 g/mol. The van der Waals surface area contributed by atoms with Crippen molar-refractivity contribution in [2.75, 3.05) is 10.6 Å². The zero-order valence-electron chi connectivity index (χ0n) is 16.4. The fourth-order valence-corrected chi connectivity index (χ4v) is 3.10. The van der Waals surface area contributed by atoms with Gasteiger partial charge in [0.25, 0.3) is 0 Å². The van der Waals surface area contributed by atoms with Crippen LogP contribution >= 0.6 is 0 Å². The van der Waals surface area contributed by atoms with Gasteiger partial charge in [-0.1, -0.05) is 54.1 Å². The highest BCUT2D eigenvalue weighted by Crippen LogP contribution is 2.24. The number of hydrogen-bond donors (Lipinski definition) is 2. The Balaban J connectivity index is 1.64. The van der Waals surface area contributed by atoms with Crippen LogP contribution in [0, 0.1) is 6.92 Å². The number of fused-ring (bicyclic) bond motifs is 1. The van der Waals surface area contributed by atoms with Gasteiger partial charge in [-0.3, -0.25) is 4.79 Å². The van der Waals surface area contributed by atoms with Gasteiger partial charge in [-0.15, -0.1) is 0 Å². The Morgan fingerprint density at radius 2 is 1.72 bits per heavy atom. The molecule has 2 N–H and O–H groups in total. The number of rotatable bonds is 6. The normalized spacial score (nSPS) is 10.7. The van der Waals surface area contributed by atoms with E-state index in [9.17, 15) is 4.79 Å². The first-order valence-corrected chi connectivity index (χ1v) is 9.53. The average molecular weight is 382 g/mol. The predicted molar refractivity (Wildman–Crippen MR) is 118 cm³/mol. The number of ketones is 1. The van der Waals surface area contributed by atoms with E-state index in [1.807, 2.05) is 36.4 Å². The number of nitrogens with one attached hydrogen (secondary N) is 2. The SMILES string of the molecule is CC(=O)c1cccc(Nc2nc(NCc3ccc(C)cc3)c3ccccc3n2)c1. The standard InChI is InChI=1S/C24H22N4O/c1-16-10-12-18(13-11-16)15-25-23-21-8-3-4-9-22(21)27-24(28-23)26-20-7-5-6-19(14-20)17(2)29/h3-14H,15H2,1-2H3,(H2,25,26,27,28). The second-order valence-electron chi connectivity index (χ2n) is 7.01. The van der Waals surface area contributed by atoms with Crippen LogP contribution in [-0.4, -0.2) is 15.8 Å². The first kappa shape index (κ1) is 18.6. The molecule has 0 aliphatic rings. The van der Waals surface area contributed by atoms with Gasteiger partial charge in [0.2, 0.25) is 5.95 Å². The molecule has 29 heavy (non-hydrogen) atoms. The molecule has 0 saturated heterocycles. The number of Topliss-reactive ketones (excluding diaryl/α,β-unsaturated/α-hetero) is 1. The number of hydrogen-bond acceptors (Lipinski definition) is 5. The van der Waals surface area contributed by atoms with Gasteiger partial charge in [-0.25, -0.2) is 4.98 Å². The summed E-state index contributed by atoms with van der Waals surface area (Å²) in [7, 11) is 0. The molecule has 5 heteroatoms. The zero-order valence-corrected chi connectivity index (χ0v) is 16.4. The molecule has 4 aromatic rings. The maximum atomic E-state index is 11.7. The van der Waals surface area contributed by atoms with E-state index in [0.717, 1.165) is 22.4 Å². The van der Waals surface area contributed by atoms with Crippen LogP contribution in [0.3, 0.4) is 0 Å². The monoisotopic (exact) mass is 382 g/mol. The minimum atomic E-state index is 0.0218. The summed E-state index contributed by atoms with van der Waals surface area (Å²) in [4.78, 5) is 21.0. The van der Waals surface area contributed by atoms with Crippen LogP contribution in [0.25, 0.3) is 10.9 Å². The quantitative estimate of drug-likeness (QED) is 0.431. The summed E-state index contributed by atoms with van der Waals surface area (Å²) in [5.74, 6) is 1.27. The number of aromatic nitrogens is 2. The van der Waals surface area contributed by atoms with Gasteiger partial charge in [0.05, 0.1) is 5.52 Å². The van der Waals surface area contributed by atoms with Crippen LogP contribution in [0.15, 0.2) is 72.8 Å². The van der Waals surface area contributed by atoms with Crippen LogP contribution < -0.4 is 10.6 Å². The molecule has 4 rings (SSSR count). The first-order valence-electron chi connectivity index (χ1n) is 9.53. The highest BCUT2D eigenvalue weighted by atomic mass is 16.1. The largest absolute Gasteiger partial charge is 0.365 e. The molecule has 0 radical (unpaired) electrons. The van der Waals surface area contributed by atoms with Crippen molar-refractivity contribution in [1.82, 2.24) is 9.97 Å².